The predicted molar refractivity (Wildman–Crippen MR) is 83.8 cm³/mol. The van der Waals surface area contributed by atoms with Crippen LogP contribution in [-0.4, -0.2) is 43.3 Å². The lowest BCUT2D eigenvalue weighted by Crippen LogP contribution is -2.38. The van der Waals surface area contributed by atoms with Crippen LogP contribution in [0.1, 0.15) is 17.3 Å². The zero-order valence-electron chi connectivity index (χ0n) is 11.5. The summed E-state index contributed by atoms with van der Waals surface area (Å²) in [7, 11) is 1.55. The Kier molecular flexibility index (Phi) is 7.13. The van der Waals surface area contributed by atoms with Gasteiger partial charge >= 0.3 is 5.97 Å². The maximum absolute atomic E-state index is 11.7. The lowest BCUT2D eigenvalue weighted by atomic mass is 10.2. The molecule has 0 saturated carbocycles. The number of amides is 1. The van der Waals surface area contributed by atoms with Crippen molar-refractivity contribution in [2.45, 2.75) is 13.0 Å². The van der Waals surface area contributed by atoms with Gasteiger partial charge in [-0.2, -0.15) is 0 Å². The van der Waals surface area contributed by atoms with Gasteiger partial charge in [0, 0.05) is 13.2 Å². The van der Waals surface area contributed by atoms with Gasteiger partial charge in [0.1, 0.15) is 5.75 Å². The highest BCUT2D eigenvalue weighted by atomic mass is 79.9. The van der Waals surface area contributed by atoms with Crippen LogP contribution in [0.5, 0.6) is 5.75 Å². The van der Waals surface area contributed by atoms with Crippen molar-refractivity contribution in [1.82, 2.24) is 5.32 Å². The van der Waals surface area contributed by atoms with Gasteiger partial charge in [-0.1, -0.05) is 0 Å². The molecule has 1 atom stereocenters. The fourth-order valence-corrected chi connectivity index (χ4v) is 2.98. The first-order chi connectivity index (χ1) is 9.85. The first-order valence-corrected chi connectivity index (χ1v) is 7.57. The summed E-state index contributed by atoms with van der Waals surface area (Å²) in [6.07, 6.45) is 0. The number of methoxy groups -OCH3 is 1. The zero-order chi connectivity index (χ0) is 16.0. The van der Waals surface area contributed by atoms with Crippen LogP contribution in [0.25, 0.3) is 0 Å². The number of nitrogens with one attached hydrogen (secondary N) is 1. The van der Waals surface area contributed by atoms with Gasteiger partial charge < -0.3 is 19.9 Å². The molecule has 0 spiro atoms. The Bertz CT molecular complexity index is 512. The van der Waals surface area contributed by atoms with E-state index in [-0.39, 0.29) is 24.1 Å². The Morgan fingerprint density at radius 3 is 2.38 bits per heavy atom. The second kappa shape index (κ2) is 8.35. The average molecular weight is 425 g/mol. The third kappa shape index (κ3) is 5.64. The number of carbonyl (C=O) groups is 2. The standard InChI is InChI=1S/C13H15Br2NO5/c1-7(5-20-2)16-11(17)6-21-12-9(14)3-8(13(18)19)4-10(12)15/h3-4,7H,5-6H2,1-2H3,(H,16,17)(H,18,19). The van der Waals surface area contributed by atoms with Gasteiger partial charge in [-0.25, -0.2) is 4.79 Å². The second-order valence-electron chi connectivity index (χ2n) is 4.29. The van der Waals surface area contributed by atoms with Crippen LogP contribution in [0.15, 0.2) is 21.1 Å². The highest BCUT2D eigenvalue weighted by molar-refractivity contribution is 9.11. The minimum atomic E-state index is -1.05. The Hall–Kier alpha value is -1.12. The lowest BCUT2D eigenvalue weighted by Gasteiger charge is -2.14. The van der Waals surface area contributed by atoms with Crippen molar-refractivity contribution in [1.29, 1.82) is 0 Å². The van der Waals surface area contributed by atoms with E-state index in [0.717, 1.165) is 0 Å². The monoisotopic (exact) mass is 423 g/mol. The van der Waals surface area contributed by atoms with E-state index in [0.29, 0.717) is 21.3 Å². The quantitative estimate of drug-likeness (QED) is 0.702. The molecule has 1 aromatic carbocycles. The summed E-state index contributed by atoms with van der Waals surface area (Å²) in [5.74, 6) is -0.968. The Morgan fingerprint density at radius 1 is 1.33 bits per heavy atom. The summed E-state index contributed by atoms with van der Waals surface area (Å²) < 4.78 is 11.2. The normalized spacial score (nSPS) is 11.8. The maximum Gasteiger partial charge on any atom is 0.335 e. The van der Waals surface area contributed by atoms with Crippen LogP contribution in [0.3, 0.4) is 0 Å². The van der Waals surface area contributed by atoms with Crippen LogP contribution in [0.4, 0.5) is 0 Å². The van der Waals surface area contributed by atoms with Gasteiger partial charge in [0.05, 0.1) is 21.1 Å². The third-order valence-electron chi connectivity index (χ3n) is 2.42. The van der Waals surface area contributed by atoms with Gasteiger partial charge in [-0.15, -0.1) is 0 Å². The fraction of sp³-hybridized carbons (Fsp3) is 0.385. The van der Waals surface area contributed by atoms with Gasteiger partial charge in [0.15, 0.2) is 6.61 Å². The second-order valence-corrected chi connectivity index (χ2v) is 6.00. The first-order valence-electron chi connectivity index (χ1n) is 5.98. The first kappa shape index (κ1) is 17.9. The SMILES string of the molecule is COCC(C)NC(=O)COc1c(Br)cc(C(=O)O)cc1Br. The number of hydrogen-bond donors (Lipinski definition) is 2. The van der Waals surface area contributed by atoms with Gasteiger partial charge in [0.25, 0.3) is 5.91 Å². The van der Waals surface area contributed by atoms with E-state index in [1.54, 1.807) is 7.11 Å². The third-order valence-corrected chi connectivity index (χ3v) is 3.59. The number of hydrogen-bond acceptors (Lipinski definition) is 4. The predicted octanol–water partition coefficient (Wildman–Crippen LogP) is 2.44. The Balaban J connectivity index is 2.67. The number of rotatable bonds is 7. The van der Waals surface area contributed by atoms with Crippen LogP contribution in [0.2, 0.25) is 0 Å². The lowest BCUT2D eigenvalue weighted by molar-refractivity contribution is -0.124. The molecule has 2 N–H and O–H groups in total. The average Bonchev–Trinajstić information content (AvgIpc) is 2.37. The van der Waals surface area contributed by atoms with E-state index >= 15 is 0 Å². The molecule has 8 heteroatoms. The molecule has 1 amide bonds. The molecule has 0 saturated heterocycles. The molecule has 1 unspecified atom stereocenters. The number of carboxylic acid groups (broad SMARTS) is 1. The summed E-state index contributed by atoms with van der Waals surface area (Å²) in [5.41, 5.74) is 0.110. The molecule has 0 fully saturated rings. The highest BCUT2D eigenvalue weighted by Crippen LogP contribution is 2.34. The molecule has 1 aromatic rings. The van der Waals surface area contributed by atoms with Crippen molar-refractivity contribution in [2.24, 2.45) is 0 Å². The number of benzene rings is 1. The van der Waals surface area contributed by atoms with Crippen LogP contribution in [0, 0.1) is 0 Å². The van der Waals surface area contributed by atoms with Gasteiger partial charge in [-0.3, -0.25) is 4.79 Å². The van der Waals surface area contributed by atoms with Gasteiger partial charge in [0.2, 0.25) is 0 Å². The summed E-state index contributed by atoms with van der Waals surface area (Å²) >= 11 is 6.44. The van der Waals surface area contributed by atoms with E-state index in [2.05, 4.69) is 37.2 Å². The number of carboxylic acids is 1. The van der Waals surface area contributed by atoms with Gasteiger partial charge in [-0.05, 0) is 50.9 Å². The molecule has 0 heterocycles. The van der Waals surface area contributed by atoms with Crippen LogP contribution < -0.4 is 10.1 Å². The van der Waals surface area contributed by atoms with Crippen LogP contribution in [-0.2, 0) is 9.53 Å². The van der Waals surface area contributed by atoms with E-state index < -0.39 is 5.97 Å². The molecule has 0 bridgehead atoms. The van der Waals surface area contributed by atoms with Crippen molar-refractivity contribution < 1.29 is 24.2 Å². The number of halogens is 2. The van der Waals surface area contributed by atoms with Crippen LogP contribution >= 0.6 is 31.9 Å². The molecule has 0 aliphatic carbocycles. The highest BCUT2D eigenvalue weighted by Gasteiger charge is 2.14. The molecule has 6 nitrogen and oxygen atoms in total. The number of aromatic carboxylic acids is 1. The molecule has 0 aromatic heterocycles. The molecular weight excluding hydrogens is 410 g/mol. The molecule has 0 aliphatic rings. The molecule has 0 radical (unpaired) electrons. The van der Waals surface area contributed by atoms with E-state index in [4.69, 9.17) is 14.6 Å². The molecule has 0 aliphatic heterocycles. The minimum absolute atomic E-state index is 0.110. The Labute approximate surface area is 139 Å². The summed E-state index contributed by atoms with van der Waals surface area (Å²) in [6, 6.07) is 2.70. The molecular formula is C13H15Br2NO5. The zero-order valence-corrected chi connectivity index (χ0v) is 14.7. The van der Waals surface area contributed by atoms with Crippen molar-refractivity contribution in [3.8, 4) is 5.75 Å². The fourth-order valence-electron chi connectivity index (χ4n) is 1.57. The van der Waals surface area contributed by atoms with Crippen molar-refractivity contribution >= 4 is 43.7 Å². The number of ether oxygens (including phenoxy) is 2. The topological polar surface area (TPSA) is 84.9 Å². The smallest absolute Gasteiger partial charge is 0.335 e. The summed E-state index contributed by atoms with van der Waals surface area (Å²) in [4.78, 5) is 22.6. The van der Waals surface area contributed by atoms with E-state index in [9.17, 15) is 9.59 Å². The summed E-state index contributed by atoms with van der Waals surface area (Å²) in [5, 5.41) is 11.6. The van der Waals surface area contributed by atoms with E-state index in [1.807, 2.05) is 6.92 Å². The molecule has 21 heavy (non-hydrogen) atoms. The molecule has 116 valence electrons. The minimum Gasteiger partial charge on any atom is -0.481 e. The maximum atomic E-state index is 11.7. The van der Waals surface area contributed by atoms with Crippen molar-refractivity contribution in [3.63, 3.8) is 0 Å². The van der Waals surface area contributed by atoms with E-state index in [1.165, 1.54) is 12.1 Å². The largest absolute Gasteiger partial charge is 0.481 e. The molecule has 1 rings (SSSR count). The Morgan fingerprint density at radius 2 is 1.90 bits per heavy atom. The van der Waals surface area contributed by atoms with Crippen molar-refractivity contribution in [2.75, 3.05) is 20.3 Å². The number of carbonyl (C=O) groups excluding carboxylic acids is 1. The van der Waals surface area contributed by atoms with Crippen molar-refractivity contribution in [3.05, 3.63) is 26.6 Å². The summed E-state index contributed by atoms with van der Waals surface area (Å²) in [6.45, 7) is 2.04.